The van der Waals surface area contributed by atoms with Gasteiger partial charge in [0.1, 0.15) is 0 Å². The summed E-state index contributed by atoms with van der Waals surface area (Å²) in [4.78, 5) is 11.5. The predicted octanol–water partition coefficient (Wildman–Crippen LogP) is 6.35. The van der Waals surface area contributed by atoms with E-state index in [1.54, 1.807) is 24.3 Å². The van der Waals surface area contributed by atoms with Crippen molar-refractivity contribution < 1.29 is 4.79 Å². The molecule has 0 bridgehead atoms. The van der Waals surface area contributed by atoms with Gasteiger partial charge in [-0.25, -0.2) is 0 Å². The third-order valence-electron chi connectivity index (χ3n) is 2.52. The van der Waals surface area contributed by atoms with Crippen LogP contribution in [0.25, 0.3) is 11.1 Å². The van der Waals surface area contributed by atoms with E-state index in [0.717, 1.165) is 0 Å². The molecule has 0 heterocycles. The smallest absolute Gasteiger partial charge is 0.253 e. The van der Waals surface area contributed by atoms with Crippen LogP contribution in [0.15, 0.2) is 30.3 Å². The molecule has 0 saturated heterocycles. The summed E-state index contributed by atoms with van der Waals surface area (Å²) in [6.45, 7) is 0. The van der Waals surface area contributed by atoms with Crippen LogP contribution in [0.5, 0.6) is 0 Å². The van der Waals surface area contributed by atoms with E-state index < -0.39 is 5.24 Å². The monoisotopic (exact) mass is 352 g/mol. The molecule has 0 atom stereocenters. The highest BCUT2D eigenvalue weighted by atomic mass is 35.5. The maximum atomic E-state index is 11.5. The summed E-state index contributed by atoms with van der Waals surface area (Å²) < 4.78 is 0. The van der Waals surface area contributed by atoms with Crippen LogP contribution < -0.4 is 0 Å². The standard InChI is InChI=1S/C13H5Cl5O/c14-6-1-2-7(9(5-6)13(18)19)8-3-4-10(15)12(17)11(8)16/h1-5H. The van der Waals surface area contributed by atoms with Gasteiger partial charge in [0.2, 0.25) is 0 Å². The van der Waals surface area contributed by atoms with Crippen molar-refractivity contribution in [2.24, 2.45) is 0 Å². The van der Waals surface area contributed by atoms with Crippen LogP contribution in [0.2, 0.25) is 20.1 Å². The lowest BCUT2D eigenvalue weighted by molar-refractivity contribution is 0.108. The summed E-state index contributed by atoms with van der Waals surface area (Å²) in [6.07, 6.45) is 0. The molecule has 0 N–H and O–H groups in total. The topological polar surface area (TPSA) is 17.1 Å². The normalized spacial score (nSPS) is 10.6. The van der Waals surface area contributed by atoms with E-state index in [1.807, 2.05) is 0 Å². The molecule has 0 aliphatic heterocycles. The maximum Gasteiger partial charge on any atom is 0.253 e. The Kier molecular flexibility index (Phi) is 4.65. The Labute approximate surface area is 135 Å². The first-order valence-corrected chi connectivity index (χ1v) is 6.94. The van der Waals surface area contributed by atoms with Crippen molar-refractivity contribution in [1.29, 1.82) is 0 Å². The first-order chi connectivity index (χ1) is 8.91. The molecule has 2 rings (SSSR count). The lowest BCUT2D eigenvalue weighted by Gasteiger charge is -2.10. The second kappa shape index (κ2) is 5.90. The van der Waals surface area contributed by atoms with E-state index in [2.05, 4.69) is 0 Å². The van der Waals surface area contributed by atoms with Crippen molar-refractivity contribution >= 4 is 63.2 Å². The molecule has 0 aromatic heterocycles. The van der Waals surface area contributed by atoms with Gasteiger partial charge in [0.15, 0.2) is 0 Å². The molecule has 0 spiro atoms. The molecule has 2 aromatic rings. The van der Waals surface area contributed by atoms with Crippen LogP contribution in [0.3, 0.4) is 0 Å². The van der Waals surface area contributed by atoms with Crippen molar-refractivity contribution in [2.45, 2.75) is 0 Å². The zero-order valence-corrected chi connectivity index (χ0v) is 13.0. The van der Waals surface area contributed by atoms with Gasteiger partial charge in [-0.15, -0.1) is 0 Å². The zero-order chi connectivity index (χ0) is 14.2. The fraction of sp³-hybridized carbons (Fsp3) is 0. The number of rotatable bonds is 2. The number of carbonyl (C=O) groups excluding carboxylic acids is 1. The number of hydrogen-bond acceptors (Lipinski definition) is 1. The largest absolute Gasteiger partial charge is 0.276 e. The molecule has 98 valence electrons. The van der Waals surface area contributed by atoms with Crippen molar-refractivity contribution in [3.63, 3.8) is 0 Å². The van der Waals surface area contributed by atoms with Gasteiger partial charge in [0, 0.05) is 16.1 Å². The highest BCUT2D eigenvalue weighted by molar-refractivity contribution is 6.68. The van der Waals surface area contributed by atoms with Crippen molar-refractivity contribution in [2.75, 3.05) is 0 Å². The van der Waals surface area contributed by atoms with Gasteiger partial charge in [0.25, 0.3) is 5.24 Å². The molecule has 0 saturated carbocycles. The second-order valence-corrected chi connectivity index (χ2v) is 5.63. The van der Waals surface area contributed by atoms with Crippen molar-refractivity contribution in [3.05, 3.63) is 56.0 Å². The molecule has 1 nitrogen and oxygen atoms in total. The molecule has 0 unspecified atom stereocenters. The number of carbonyl (C=O) groups is 1. The van der Waals surface area contributed by atoms with Crippen LogP contribution in [0.4, 0.5) is 0 Å². The molecule has 2 aromatic carbocycles. The van der Waals surface area contributed by atoms with Gasteiger partial charge in [0.05, 0.1) is 15.1 Å². The van der Waals surface area contributed by atoms with Crippen molar-refractivity contribution in [1.82, 2.24) is 0 Å². The number of halogens is 5. The fourth-order valence-electron chi connectivity index (χ4n) is 1.65. The summed E-state index contributed by atoms with van der Waals surface area (Å²) in [6, 6.07) is 8.04. The average molecular weight is 354 g/mol. The number of hydrogen-bond donors (Lipinski definition) is 0. The molecule has 19 heavy (non-hydrogen) atoms. The summed E-state index contributed by atoms with van der Waals surface area (Å²) >= 11 is 29.4. The van der Waals surface area contributed by atoms with E-state index in [-0.39, 0.29) is 15.6 Å². The van der Waals surface area contributed by atoms with Crippen LogP contribution in [-0.2, 0) is 0 Å². The van der Waals surface area contributed by atoms with Gasteiger partial charge in [-0.1, -0.05) is 58.5 Å². The molecule has 6 heteroatoms. The maximum absolute atomic E-state index is 11.5. The second-order valence-electron chi connectivity index (χ2n) is 3.69. The number of benzene rings is 2. The van der Waals surface area contributed by atoms with E-state index in [9.17, 15) is 4.79 Å². The fourth-order valence-corrected chi connectivity index (χ4v) is 2.61. The average Bonchev–Trinajstić information content (AvgIpc) is 2.37. The third kappa shape index (κ3) is 3.01. The minimum absolute atomic E-state index is 0.226. The minimum Gasteiger partial charge on any atom is -0.276 e. The van der Waals surface area contributed by atoms with E-state index in [0.29, 0.717) is 21.2 Å². The highest BCUT2D eigenvalue weighted by Crippen LogP contribution is 2.39. The Balaban J connectivity index is 2.72. The molecular weight excluding hydrogens is 349 g/mol. The molecule has 0 radical (unpaired) electrons. The molecule has 0 amide bonds. The van der Waals surface area contributed by atoms with Crippen molar-refractivity contribution in [3.8, 4) is 11.1 Å². The minimum atomic E-state index is -0.625. The van der Waals surface area contributed by atoms with E-state index in [1.165, 1.54) is 6.07 Å². The Morgan fingerprint density at radius 2 is 1.47 bits per heavy atom. The SMILES string of the molecule is O=C(Cl)c1cc(Cl)ccc1-c1ccc(Cl)c(Cl)c1Cl. The van der Waals surface area contributed by atoms with Gasteiger partial charge in [-0.05, 0) is 35.4 Å². The Hall–Kier alpha value is -0.440. The first-order valence-electron chi connectivity index (χ1n) is 5.05. The Morgan fingerprint density at radius 1 is 0.842 bits per heavy atom. The van der Waals surface area contributed by atoms with Crippen LogP contribution in [0.1, 0.15) is 10.4 Å². The summed E-state index contributed by atoms with van der Waals surface area (Å²) in [5, 5.41) is 0.603. The Morgan fingerprint density at radius 3 is 2.11 bits per heavy atom. The Bertz CT molecular complexity index is 666. The van der Waals surface area contributed by atoms with Crippen LogP contribution in [0, 0.1) is 0 Å². The van der Waals surface area contributed by atoms with Gasteiger partial charge < -0.3 is 0 Å². The van der Waals surface area contributed by atoms with Crippen LogP contribution >= 0.6 is 58.0 Å². The zero-order valence-electron chi connectivity index (χ0n) is 9.18. The molecule has 0 aliphatic carbocycles. The van der Waals surface area contributed by atoms with Crippen LogP contribution in [-0.4, -0.2) is 5.24 Å². The van der Waals surface area contributed by atoms with Gasteiger partial charge in [-0.3, -0.25) is 4.79 Å². The summed E-state index contributed by atoms with van der Waals surface area (Å²) in [7, 11) is 0. The third-order valence-corrected chi connectivity index (χ3v) is 4.25. The quantitative estimate of drug-likeness (QED) is 0.454. The molecular formula is C13H5Cl5O. The molecule has 0 aliphatic rings. The lowest BCUT2D eigenvalue weighted by atomic mass is 10.0. The predicted molar refractivity (Wildman–Crippen MR) is 82.1 cm³/mol. The lowest BCUT2D eigenvalue weighted by Crippen LogP contribution is -1.94. The van der Waals surface area contributed by atoms with Gasteiger partial charge >= 0.3 is 0 Å². The first kappa shape index (κ1) is 15.0. The highest BCUT2D eigenvalue weighted by Gasteiger charge is 2.16. The summed E-state index contributed by atoms with van der Waals surface area (Å²) in [5.74, 6) is 0. The van der Waals surface area contributed by atoms with E-state index >= 15 is 0 Å². The summed E-state index contributed by atoms with van der Waals surface area (Å²) in [5.41, 5.74) is 1.37. The van der Waals surface area contributed by atoms with E-state index in [4.69, 9.17) is 58.0 Å². The van der Waals surface area contributed by atoms with Gasteiger partial charge in [-0.2, -0.15) is 0 Å². The molecule has 0 fully saturated rings.